The van der Waals surface area contributed by atoms with Crippen LogP contribution in [0, 0.1) is 0 Å². The maximum atomic E-state index is 12.0. The van der Waals surface area contributed by atoms with Crippen molar-refractivity contribution in [3.8, 4) is 5.88 Å². The van der Waals surface area contributed by atoms with Crippen LogP contribution in [0.5, 0.6) is 5.88 Å². The van der Waals surface area contributed by atoms with Crippen LogP contribution in [0.4, 0.5) is 5.82 Å². The number of carbonyl (C=O) groups is 1. The van der Waals surface area contributed by atoms with E-state index in [1.807, 2.05) is 12.1 Å². The van der Waals surface area contributed by atoms with Crippen LogP contribution < -0.4 is 10.1 Å². The van der Waals surface area contributed by atoms with Gasteiger partial charge in [-0.25, -0.2) is 9.97 Å². The number of nitrogens with one attached hydrogen (secondary N) is 1. The first kappa shape index (κ1) is 12.8. The number of carbonyl (C=O) groups excluding carboxylic acids is 1. The summed E-state index contributed by atoms with van der Waals surface area (Å²) in [7, 11) is 1.50. The van der Waals surface area contributed by atoms with Crippen molar-refractivity contribution < 1.29 is 9.53 Å². The molecule has 0 aliphatic carbocycles. The summed E-state index contributed by atoms with van der Waals surface area (Å²) in [6, 6.07) is 8.65. The Kier molecular flexibility index (Phi) is 3.87. The van der Waals surface area contributed by atoms with Gasteiger partial charge < -0.3 is 10.1 Å². The SMILES string of the molecule is C=Cc1ccc(C(=O)Nc2cc(OC)ncn2)cc1. The standard InChI is InChI=1S/C14H13N3O2/c1-3-10-4-6-11(7-5-10)14(18)17-12-8-13(19-2)16-9-15-12/h3-9H,1H2,2H3,(H,15,16,17,18). The number of ether oxygens (including phenoxy) is 1. The Morgan fingerprint density at radius 1 is 1.32 bits per heavy atom. The van der Waals surface area contributed by atoms with E-state index in [2.05, 4.69) is 21.9 Å². The first-order valence-electron chi connectivity index (χ1n) is 5.63. The van der Waals surface area contributed by atoms with Crippen molar-refractivity contribution in [3.05, 3.63) is 54.4 Å². The lowest BCUT2D eigenvalue weighted by atomic mass is 10.1. The van der Waals surface area contributed by atoms with Crippen molar-refractivity contribution in [1.29, 1.82) is 0 Å². The van der Waals surface area contributed by atoms with E-state index in [1.54, 1.807) is 24.3 Å². The zero-order valence-electron chi connectivity index (χ0n) is 10.5. The third-order valence-corrected chi connectivity index (χ3v) is 2.50. The summed E-state index contributed by atoms with van der Waals surface area (Å²) in [5.41, 5.74) is 1.50. The van der Waals surface area contributed by atoms with Gasteiger partial charge in [-0.2, -0.15) is 0 Å². The van der Waals surface area contributed by atoms with Gasteiger partial charge in [0.05, 0.1) is 7.11 Å². The second-order valence-corrected chi connectivity index (χ2v) is 3.73. The third-order valence-electron chi connectivity index (χ3n) is 2.50. The number of methoxy groups -OCH3 is 1. The van der Waals surface area contributed by atoms with Crippen LogP contribution in [0.2, 0.25) is 0 Å². The molecule has 0 radical (unpaired) electrons. The number of hydrogen-bond acceptors (Lipinski definition) is 4. The molecule has 1 aromatic heterocycles. The van der Waals surface area contributed by atoms with Gasteiger partial charge in [-0.15, -0.1) is 0 Å². The lowest BCUT2D eigenvalue weighted by molar-refractivity contribution is 0.102. The van der Waals surface area contributed by atoms with E-state index in [1.165, 1.54) is 13.4 Å². The Labute approximate surface area is 111 Å². The largest absolute Gasteiger partial charge is 0.481 e. The fraction of sp³-hybridized carbons (Fsp3) is 0.0714. The van der Waals surface area contributed by atoms with Gasteiger partial charge in [0.2, 0.25) is 5.88 Å². The molecule has 96 valence electrons. The molecule has 1 heterocycles. The molecule has 0 saturated heterocycles. The Morgan fingerprint density at radius 2 is 2.05 bits per heavy atom. The minimum absolute atomic E-state index is 0.239. The maximum absolute atomic E-state index is 12.0. The van der Waals surface area contributed by atoms with E-state index in [0.29, 0.717) is 17.3 Å². The molecule has 0 saturated carbocycles. The highest BCUT2D eigenvalue weighted by Gasteiger charge is 2.07. The molecule has 0 spiro atoms. The minimum atomic E-state index is -0.239. The number of amides is 1. The summed E-state index contributed by atoms with van der Waals surface area (Å²) in [5.74, 6) is 0.549. The lowest BCUT2D eigenvalue weighted by Crippen LogP contribution is -2.13. The van der Waals surface area contributed by atoms with Gasteiger partial charge in [-0.3, -0.25) is 4.79 Å². The molecule has 0 atom stereocenters. The van der Waals surface area contributed by atoms with Gasteiger partial charge >= 0.3 is 0 Å². The summed E-state index contributed by atoms with van der Waals surface area (Å²) in [5, 5.41) is 2.67. The molecule has 1 aromatic carbocycles. The van der Waals surface area contributed by atoms with E-state index in [0.717, 1.165) is 5.56 Å². The molecule has 5 nitrogen and oxygen atoms in total. The normalized spacial score (nSPS) is 9.74. The van der Waals surface area contributed by atoms with Crippen LogP contribution in [0.15, 0.2) is 43.2 Å². The molecule has 1 N–H and O–H groups in total. The summed E-state index contributed by atoms with van der Waals surface area (Å²) in [6.45, 7) is 3.66. The molecule has 19 heavy (non-hydrogen) atoms. The van der Waals surface area contributed by atoms with Gasteiger partial charge in [-0.1, -0.05) is 24.8 Å². The highest BCUT2D eigenvalue weighted by molar-refractivity contribution is 6.03. The van der Waals surface area contributed by atoms with Crippen molar-refractivity contribution in [2.75, 3.05) is 12.4 Å². The molecule has 5 heteroatoms. The summed E-state index contributed by atoms with van der Waals surface area (Å²) < 4.78 is 4.96. The van der Waals surface area contributed by atoms with Crippen LogP contribution in [0.1, 0.15) is 15.9 Å². The fourth-order valence-corrected chi connectivity index (χ4v) is 1.48. The molecule has 0 aliphatic rings. The predicted octanol–water partition coefficient (Wildman–Crippen LogP) is 2.38. The second kappa shape index (κ2) is 5.77. The number of hydrogen-bond donors (Lipinski definition) is 1. The van der Waals surface area contributed by atoms with Gasteiger partial charge in [-0.05, 0) is 17.7 Å². The fourth-order valence-electron chi connectivity index (χ4n) is 1.48. The van der Waals surface area contributed by atoms with E-state index in [4.69, 9.17) is 4.74 Å². The molecule has 0 aliphatic heterocycles. The Hall–Kier alpha value is -2.69. The van der Waals surface area contributed by atoms with Gasteiger partial charge in [0.25, 0.3) is 5.91 Å². The molecule has 1 amide bonds. The van der Waals surface area contributed by atoms with E-state index in [9.17, 15) is 4.79 Å². The zero-order valence-corrected chi connectivity index (χ0v) is 10.5. The van der Waals surface area contributed by atoms with Crippen LogP contribution in [0.25, 0.3) is 6.08 Å². The van der Waals surface area contributed by atoms with Gasteiger partial charge in [0.1, 0.15) is 12.1 Å². The zero-order chi connectivity index (χ0) is 13.7. The smallest absolute Gasteiger partial charge is 0.256 e. The number of nitrogens with zero attached hydrogens (tertiary/aromatic N) is 2. The van der Waals surface area contributed by atoms with E-state index < -0.39 is 0 Å². The molecule has 2 aromatic rings. The number of aromatic nitrogens is 2. The maximum Gasteiger partial charge on any atom is 0.256 e. The topological polar surface area (TPSA) is 64.1 Å². The van der Waals surface area contributed by atoms with Crippen molar-refractivity contribution in [2.45, 2.75) is 0 Å². The quantitative estimate of drug-likeness (QED) is 0.911. The monoisotopic (exact) mass is 255 g/mol. The van der Waals surface area contributed by atoms with Gasteiger partial charge in [0, 0.05) is 11.6 Å². The number of benzene rings is 1. The van der Waals surface area contributed by atoms with E-state index >= 15 is 0 Å². The van der Waals surface area contributed by atoms with Crippen LogP contribution in [0.3, 0.4) is 0 Å². The second-order valence-electron chi connectivity index (χ2n) is 3.73. The van der Waals surface area contributed by atoms with Crippen molar-refractivity contribution in [3.63, 3.8) is 0 Å². The highest BCUT2D eigenvalue weighted by Crippen LogP contribution is 2.12. The van der Waals surface area contributed by atoms with Crippen LogP contribution >= 0.6 is 0 Å². The molecule has 2 rings (SSSR count). The third kappa shape index (κ3) is 3.16. The van der Waals surface area contributed by atoms with Crippen molar-refractivity contribution in [1.82, 2.24) is 9.97 Å². The number of anilines is 1. The van der Waals surface area contributed by atoms with Gasteiger partial charge in [0.15, 0.2) is 0 Å². The molecular formula is C14H13N3O2. The Bertz CT molecular complexity index is 594. The van der Waals surface area contributed by atoms with E-state index in [-0.39, 0.29) is 5.91 Å². The summed E-state index contributed by atoms with van der Waals surface area (Å²) in [6.07, 6.45) is 3.05. The number of rotatable bonds is 4. The summed E-state index contributed by atoms with van der Waals surface area (Å²) in [4.78, 5) is 19.8. The van der Waals surface area contributed by atoms with Crippen LogP contribution in [-0.4, -0.2) is 23.0 Å². The average Bonchev–Trinajstić information content (AvgIpc) is 2.47. The molecule has 0 unspecified atom stereocenters. The van der Waals surface area contributed by atoms with Crippen LogP contribution in [-0.2, 0) is 0 Å². The minimum Gasteiger partial charge on any atom is -0.481 e. The Morgan fingerprint density at radius 3 is 2.68 bits per heavy atom. The molecule has 0 fully saturated rings. The first-order valence-corrected chi connectivity index (χ1v) is 5.63. The lowest BCUT2D eigenvalue weighted by Gasteiger charge is -2.05. The summed E-state index contributed by atoms with van der Waals surface area (Å²) >= 11 is 0. The average molecular weight is 255 g/mol. The van der Waals surface area contributed by atoms with Crippen molar-refractivity contribution >= 4 is 17.8 Å². The van der Waals surface area contributed by atoms with Crippen molar-refractivity contribution in [2.24, 2.45) is 0 Å². The molecular weight excluding hydrogens is 242 g/mol. The Balaban J connectivity index is 2.13. The first-order chi connectivity index (χ1) is 9.22. The molecule has 0 bridgehead atoms. The predicted molar refractivity (Wildman–Crippen MR) is 73.1 cm³/mol. The highest BCUT2D eigenvalue weighted by atomic mass is 16.5.